The fourth-order valence-corrected chi connectivity index (χ4v) is 1.52. The van der Waals surface area contributed by atoms with Crippen molar-refractivity contribution in [3.63, 3.8) is 0 Å². The minimum absolute atomic E-state index is 1.11. The molecular formula is C9H12N2. The van der Waals surface area contributed by atoms with Gasteiger partial charge in [0.1, 0.15) is 0 Å². The van der Waals surface area contributed by atoms with E-state index in [1.54, 1.807) is 0 Å². The quantitative estimate of drug-likeness (QED) is 0.548. The standard InChI is InChI=1S/C9H12N2/c1-7-3-4-9-8(5-7)6-11(2)10-9/h5-6H,3-4H2,1-2H3. The zero-order valence-electron chi connectivity index (χ0n) is 6.96. The lowest BCUT2D eigenvalue weighted by atomic mass is 10.00. The number of rotatable bonds is 0. The lowest BCUT2D eigenvalue weighted by molar-refractivity contribution is 0.736. The summed E-state index contributed by atoms with van der Waals surface area (Å²) in [5.74, 6) is 0. The van der Waals surface area contributed by atoms with Crippen molar-refractivity contribution in [2.24, 2.45) is 7.05 Å². The van der Waals surface area contributed by atoms with Crippen molar-refractivity contribution in [2.75, 3.05) is 0 Å². The summed E-state index contributed by atoms with van der Waals surface area (Å²) < 4.78 is 1.89. The average molecular weight is 148 g/mol. The van der Waals surface area contributed by atoms with E-state index >= 15 is 0 Å². The van der Waals surface area contributed by atoms with Gasteiger partial charge in [-0.3, -0.25) is 4.68 Å². The van der Waals surface area contributed by atoms with E-state index < -0.39 is 0 Å². The normalized spacial score (nSPS) is 16.0. The van der Waals surface area contributed by atoms with Gasteiger partial charge in [0, 0.05) is 18.8 Å². The van der Waals surface area contributed by atoms with Crippen LogP contribution in [-0.2, 0) is 13.5 Å². The molecule has 1 aromatic rings. The zero-order chi connectivity index (χ0) is 7.84. The molecule has 0 N–H and O–H groups in total. The van der Waals surface area contributed by atoms with Crippen molar-refractivity contribution < 1.29 is 0 Å². The molecule has 2 heteroatoms. The van der Waals surface area contributed by atoms with Gasteiger partial charge in [0.15, 0.2) is 0 Å². The van der Waals surface area contributed by atoms with E-state index in [4.69, 9.17) is 0 Å². The fourth-order valence-electron chi connectivity index (χ4n) is 1.52. The van der Waals surface area contributed by atoms with Gasteiger partial charge < -0.3 is 0 Å². The largest absolute Gasteiger partial charge is 0.275 e. The van der Waals surface area contributed by atoms with Crippen LogP contribution in [0.25, 0.3) is 6.08 Å². The van der Waals surface area contributed by atoms with E-state index in [1.807, 2.05) is 11.7 Å². The molecular weight excluding hydrogens is 136 g/mol. The first-order valence-electron chi connectivity index (χ1n) is 3.95. The molecule has 0 bridgehead atoms. The summed E-state index contributed by atoms with van der Waals surface area (Å²) in [5, 5.41) is 4.36. The Morgan fingerprint density at radius 2 is 2.27 bits per heavy atom. The van der Waals surface area contributed by atoms with Gasteiger partial charge in [0.05, 0.1) is 5.69 Å². The van der Waals surface area contributed by atoms with Gasteiger partial charge in [-0.1, -0.05) is 11.6 Å². The molecule has 1 aliphatic rings. The maximum absolute atomic E-state index is 4.36. The highest BCUT2D eigenvalue weighted by Crippen LogP contribution is 2.21. The molecule has 0 radical (unpaired) electrons. The second-order valence-electron chi connectivity index (χ2n) is 3.20. The molecule has 2 nitrogen and oxygen atoms in total. The molecule has 0 spiro atoms. The van der Waals surface area contributed by atoms with Gasteiger partial charge in [-0.25, -0.2) is 0 Å². The Morgan fingerprint density at radius 1 is 1.45 bits per heavy atom. The highest BCUT2D eigenvalue weighted by atomic mass is 15.2. The number of hydrogen-bond donors (Lipinski definition) is 0. The first kappa shape index (κ1) is 6.65. The van der Waals surface area contributed by atoms with Crippen LogP contribution in [0.2, 0.25) is 0 Å². The number of fused-ring (bicyclic) bond motifs is 1. The Hall–Kier alpha value is -1.05. The smallest absolute Gasteiger partial charge is 0.0699 e. The number of aryl methyl sites for hydroxylation is 2. The molecule has 0 unspecified atom stereocenters. The van der Waals surface area contributed by atoms with E-state index in [0.717, 1.165) is 6.42 Å². The summed E-state index contributed by atoms with van der Waals surface area (Å²) in [4.78, 5) is 0. The zero-order valence-corrected chi connectivity index (χ0v) is 6.96. The van der Waals surface area contributed by atoms with Crippen LogP contribution in [0.1, 0.15) is 24.6 Å². The van der Waals surface area contributed by atoms with E-state index in [-0.39, 0.29) is 0 Å². The summed E-state index contributed by atoms with van der Waals surface area (Å²) in [6.07, 6.45) is 6.59. The first-order chi connectivity index (χ1) is 5.25. The monoisotopic (exact) mass is 148 g/mol. The average Bonchev–Trinajstić information content (AvgIpc) is 2.27. The lowest BCUT2D eigenvalue weighted by Gasteiger charge is -2.06. The van der Waals surface area contributed by atoms with E-state index in [0.29, 0.717) is 0 Å². The summed E-state index contributed by atoms with van der Waals surface area (Å²) in [7, 11) is 1.97. The molecule has 0 amide bonds. The third-order valence-electron chi connectivity index (χ3n) is 2.10. The Morgan fingerprint density at radius 3 is 3.09 bits per heavy atom. The number of aromatic nitrogens is 2. The van der Waals surface area contributed by atoms with Gasteiger partial charge in [0.25, 0.3) is 0 Å². The molecule has 1 heterocycles. The van der Waals surface area contributed by atoms with Crippen molar-refractivity contribution in [1.29, 1.82) is 0 Å². The molecule has 1 aromatic heterocycles. The van der Waals surface area contributed by atoms with Crippen LogP contribution in [-0.4, -0.2) is 9.78 Å². The van der Waals surface area contributed by atoms with Crippen molar-refractivity contribution in [2.45, 2.75) is 19.8 Å². The molecule has 0 aromatic carbocycles. The van der Waals surface area contributed by atoms with Crippen LogP contribution in [0.3, 0.4) is 0 Å². The Kier molecular flexibility index (Phi) is 1.34. The van der Waals surface area contributed by atoms with Crippen molar-refractivity contribution in [1.82, 2.24) is 9.78 Å². The van der Waals surface area contributed by atoms with Crippen LogP contribution < -0.4 is 0 Å². The summed E-state index contributed by atoms with van der Waals surface area (Å²) in [6, 6.07) is 0. The number of hydrogen-bond acceptors (Lipinski definition) is 1. The second-order valence-corrected chi connectivity index (χ2v) is 3.20. The Balaban J connectivity index is 2.50. The maximum Gasteiger partial charge on any atom is 0.0699 e. The minimum atomic E-state index is 1.11. The summed E-state index contributed by atoms with van der Waals surface area (Å²) >= 11 is 0. The van der Waals surface area contributed by atoms with Gasteiger partial charge >= 0.3 is 0 Å². The molecule has 2 rings (SSSR count). The Bertz CT molecular complexity index is 307. The molecule has 0 saturated carbocycles. The van der Waals surface area contributed by atoms with E-state index in [9.17, 15) is 0 Å². The molecule has 0 saturated heterocycles. The highest BCUT2D eigenvalue weighted by molar-refractivity contribution is 5.56. The maximum atomic E-state index is 4.36. The number of allylic oxidation sites excluding steroid dienone is 1. The first-order valence-corrected chi connectivity index (χ1v) is 3.95. The SMILES string of the molecule is CC1=Cc2cn(C)nc2CC1. The van der Waals surface area contributed by atoms with Gasteiger partial charge in [0.2, 0.25) is 0 Å². The molecule has 1 aliphatic carbocycles. The lowest BCUT2D eigenvalue weighted by Crippen LogP contribution is -1.96. The predicted molar refractivity (Wildman–Crippen MR) is 45.2 cm³/mol. The fraction of sp³-hybridized carbons (Fsp3) is 0.444. The topological polar surface area (TPSA) is 17.8 Å². The predicted octanol–water partition coefficient (Wildman–Crippen LogP) is 1.77. The van der Waals surface area contributed by atoms with Crippen LogP contribution in [0, 0.1) is 0 Å². The molecule has 58 valence electrons. The van der Waals surface area contributed by atoms with E-state index in [1.165, 1.54) is 23.3 Å². The molecule has 0 atom stereocenters. The van der Waals surface area contributed by atoms with Crippen LogP contribution in [0.5, 0.6) is 0 Å². The van der Waals surface area contributed by atoms with Gasteiger partial charge in [-0.05, 0) is 19.8 Å². The second kappa shape index (κ2) is 2.22. The highest BCUT2D eigenvalue weighted by Gasteiger charge is 2.10. The minimum Gasteiger partial charge on any atom is -0.275 e. The Labute approximate surface area is 66.5 Å². The van der Waals surface area contributed by atoms with Crippen molar-refractivity contribution in [3.05, 3.63) is 23.0 Å². The van der Waals surface area contributed by atoms with Gasteiger partial charge in [-0.2, -0.15) is 5.10 Å². The molecule has 11 heavy (non-hydrogen) atoms. The third-order valence-corrected chi connectivity index (χ3v) is 2.10. The third kappa shape index (κ3) is 1.09. The van der Waals surface area contributed by atoms with Crippen molar-refractivity contribution in [3.8, 4) is 0 Å². The summed E-state index contributed by atoms with van der Waals surface area (Å²) in [5.41, 5.74) is 4.01. The van der Waals surface area contributed by atoms with Crippen molar-refractivity contribution >= 4 is 6.08 Å². The summed E-state index contributed by atoms with van der Waals surface area (Å²) in [6.45, 7) is 2.18. The van der Waals surface area contributed by atoms with Crippen LogP contribution in [0.15, 0.2) is 11.8 Å². The molecule has 0 fully saturated rings. The molecule has 0 aliphatic heterocycles. The van der Waals surface area contributed by atoms with Gasteiger partial charge in [-0.15, -0.1) is 0 Å². The number of nitrogens with zero attached hydrogens (tertiary/aromatic N) is 2. The van der Waals surface area contributed by atoms with Crippen LogP contribution in [0.4, 0.5) is 0 Å². The van der Waals surface area contributed by atoms with Crippen LogP contribution >= 0.6 is 0 Å². The van der Waals surface area contributed by atoms with E-state index in [2.05, 4.69) is 24.3 Å².